The Bertz CT molecular complexity index is 1060. The maximum Gasteiger partial charge on any atom is 0.313 e. The molecule has 1 aliphatic rings. The Morgan fingerprint density at radius 1 is 0.804 bits per heavy atom. The second kappa shape index (κ2) is 20.5. The Morgan fingerprint density at radius 2 is 1.30 bits per heavy atom. The summed E-state index contributed by atoms with van der Waals surface area (Å²) in [5, 5.41) is 42.7. The van der Waals surface area contributed by atoms with Crippen molar-refractivity contribution < 1.29 is 53.1 Å². The van der Waals surface area contributed by atoms with E-state index < -0.39 is 40.1 Å². The number of carbonyl (C=O) groups excluding carboxylic acids is 2. The number of carboxylic acids is 2. The third kappa shape index (κ3) is 17.7. The van der Waals surface area contributed by atoms with Crippen molar-refractivity contribution in [3.8, 4) is 12.1 Å². The third-order valence-corrected chi connectivity index (χ3v) is 6.88. The van der Waals surface area contributed by atoms with Crippen LogP contribution in [0, 0.1) is 33.5 Å². The van der Waals surface area contributed by atoms with E-state index in [1.54, 1.807) is 34.8 Å². The van der Waals surface area contributed by atoms with Crippen LogP contribution in [-0.4, -0.2) is 91.6 Å². The molecule has 0 aromatic rings. The van der Waals surface area contributed by atoms with Crippen LogP contribution >= 0.6 is 0 Å². The van der Waals surface area contributed by atoms with Gasteiger partial charge in [-0.2, -0.15) is 20.8 Å². The van der Waals surface area contributed by atoms with Crippen LogP contribution < -0.4 is 0 Å². The molecule has 0 aromatic carbocycles. The van der Waals surface area contributed by atoms with Crippen molar-refractivity contribution in [3.05, 3.63) is 0 Å². The van der Waals surface area contributed by atoms with Crippen molar-refractivity contribution in [2.24, 2.45) is 21.1 Å². The van der Waals surface area contributed by atoms with Crippen LogP contribution in [0.1, 0.15) is 92.9 Å². The van der Waals surface area contributed by atoms with Gasteiger partial charge in [-0.3, -0.25) is 19.2 Å². The normalized spacial score (nSPS) is 17.6. The molecule has 1 heterocycles. The lowest BCUT2D eigenvalue weighted by molar-refractivity contribution is -0.197. The van der Waals surface area contributed by atoms with E-state index in [9.17, 15) is 19.2 Å². The molecule has 0 radical (unpaired) electrons. The Morgan fingerprint density at radius 3 is 1.74 bits per heavy atom. The number of methoxy groups -OCH3 is 1. The number of esters is 2. The van der Waals surface area contributed by atoms with E-state index in [-0.39, 0.29) is 44.2 Å². The minimum atomic E-state index is -1.35. The Labute approximate surface area is 271 Å². The second-order valence-electron chi connectivity index (χ2n) is 12.6. The summed E-state index contributed by atoms with van der Waals surface area (Å²) in [4.78, 5) is 45.9. The molecule has 3 unspecified atom stereocenters. The fourth-order valence-electron chi connectivity index (χ4n) is 4.14. The molecule has 0 amide bonds. The van der Waals surface area contributed by atoms with Crippen molar-refractivity contribution in [1.29, 1.82) is 10.5 Å². The summed E-state index contributed by atoms with van der Waals surface area (Å²) in [6.07, 6.45) is 1.96. The van der Waals surface area contributed by atoms with E-state index in [0.29, 0.717) is 32.8 Å². The smallest absolute Gasteiger partial charge is 0.313 e. The minimum absolute atomic E-state index is 0.0389. The molecule has 15 nitrogen and oxygen atoms in total. The summed E-state index contributed by atoms with van der Waals surface area (Å²) >= 11 is 0. The standard InChI is InChI=1S/C19H34O7.C12H16N4O4/c1-18(2,16(20)25-13-12-23-11-10-22-5)14-19(3,4)17(21)26-15-8-6-7-9-24-15;1-11(7-13,5-3-9(17)18)15-16-12(2,8-14)6-4-10(19)20/h15H,6-14H2,1-5H3;3-6H2,1-2H3,(H,17,18)(H,19,20). The summed E-state index contributed by atoms with van der Waals surface area (Å²) in [6.45, 7) is 12.0. The molecule has 0 aliphatic carbocycles. The average molecular weight is 655 g/mol. The van der Waals surface area contributed by atoms with Gasteiger partial charge in [0.2, 0.25) is 6.29 Å². The quantitative estimate of drug-likeness (QED) is 0.112. The number of carboxylic acid groups (broad SMARTS) is 2. The van der Waals surface area contributed by atoms with Crippen molar-refractivity contribution in [3.63, 3.8) is 0 Å². The van der Waals surface area contributed by atoms with Gasteiger partial charge in [0.1, 0.15) is 6.61 Å². The number of ether oxygens (including phenoxy) is 5. The highest BCUT2D eigenvalue weighted by atomic mass is 16.7. The number of hydrogen-bond donors (Lipinski definition) is 2. The number of carbonyl (C=O) groups is 4. The van der Waals surface area contributed by atoms with Crippen molar-refractivity contribution in [1.82, 2.24) is 0 Å². The molecule has 0 saturated carbocycles. The highest BCUT2D eigenvalue weighted by Crippen LogP contribution is 2.36. The second-order valence-corrected chi connectivity index (χ2v) is 12.6. The minimum Gasteiger partial charge on any atom is -0.481 e. The maximum atomic E-state index is 12.5. The Kier molecular flexibility index (Phi) is 18.8. The highest BCUT2D eigenvalue weighted by Gasteiger charge is 2.42. The maximum absolute atomic E-state index is 12.5. The van der Waals surface area contributed by atoms with Crippen LogP contribution in [0.15, 0.2) is 10.2 Å². The van der Waals surface area contributed by atoms with Gasteiger partial charge in [0.05, 0.1) is 49.4 Å². The molecule has 0 bridgehead atoms. The zero-order chi connectivity index (χ0) is 35.4. The molecular formula is C31H50N4O11. The average Bonchev–Trinajstić information content (AvgIpc) is 3.00. The zero-order valence-electron chi connectivity index (χ0n) is 28.1. The number of nitriles is 2. The molecule has 1 saturated heterocycles. The van der Waals surface area contributed by atoms with E-state index in [1.165, 1.54) is 13.8 Å². The molecule has 0 spiro atoms. The van der Waals surface area contributed by atoms with Crippen LogP contribution in [0.25, 0.3) is 0 Å². The molecule has 1 aliphatic heterocycles. The lowest BCUT2D eigenvalue weighted by Gasteiger charge is -2.33. The van der Waals surface area contributed by atoms with Crippen LogP contribution in [-0.2, 0) is 42.9 Å². The number of rotatable bonds is 19. The predicted molar refractivity (Wildman–Crippen MR) is 162 cm³/mol. The van der Waals surface area contributed by atoms with Gasteiger partial charge in [0.25, 0.3) is 0 Å². The van der Waals surface area contributed by atoms with E-state index in [4.69, 9.17) is 44.4 Å². The molecule has 1 rings (SSSR count). The summed E-state index contributed by atoms with van der Waals surface area (Å²) in [7, 11) is 1.60. The van der Waals surface area contributed by atoms with Crippen LogP contribution in [0.5, 0.6) is 0 Å². The first kappa shape index (κ1) is 42.3. The van der Waals surface area contributed by atoms with Crippen molar-refractivity contribution in [2.75, 3.05) is 40.1 Å². The van der Waals surface area contributed by atoms with Gasteiger partial charge in [0, 0.05) is 26.4 Å². The van der Waals surface area contributed by atoms with E-state index in [1.807, 2.05) is 12.1 Å². The van der Waals surface area contributed by atoms with Crippen LogP contribution in [0.2, 0.25) is 0 Å². The number of azo groups is 1. The van der Waals surface area contributed by atoms with Crippen molar-refractivity contribution >= 4 is 23.9 Å². The first-order valence-corrected chi connectivity index (χ1v) is 15.1. The molecule has 0 aromatic heterocycles. The molecule has 2 N–H and O–H groups in total. The third-order valence-electron chi connectivity index (χ3n) is 6.88. The Hall–Kier alpha value is -3.66. The SMILES string of the molecule is CC(C#N)(CCC(=O)O)N=NC(C)(C#N)CCC(=O)O.COCCOCCOC(=O)C(C)(C)CC(C)(C)C(=O)OC1CCCCO1. The lowest BCUT2D eigenvalue weighted by atomic mass is 9.75. The van der Waals surface area contributed by atoms with Gasteiger partial charge in [-0.25, -0.2) is 0 Å². The first-order chi connectivity index (χ1) is 21.3. The molecule has 46 heavy (non-hydrogen) atoms. The van der Waals surface area contributed by atoms with Gasteiger partial charge in [-0.1, -0.05) is 0 Å². The summed E-state index contributed by atoms with van der Waals surface area (Å²) in [6, 6.07) is 3.69. The molecule has 3 atom stereocenters. The monoisotopic (exact) mass is 654 g/mol. The molecule has 15 heteroatoms. The van der Waals surface area contributed by atoms with E-state index in [2.05, 4.69) is 10.2 Å². The first-order valence-electron chi connectivity index (χ1n) is 15.1. The van der Waals surface area contributed by atoms with E-state index >= 15 is 0 Å². The zero-order valence-corrected chi connectivity index (χ0v) is 28.1. The fourth-order valence-corrected chi connectivity index (χ4v) is 4.14. The lowest BCUT2D eigenvalue weighted by Crippen LogP contribution is -2.39. The topological polar surface area (TPSA) is 227 Å². The summed E-state index contributed by atoms with van der Waals surface area (Å²) < 4.78 is 26.4. The van der Waals surface area contributed by atoms with Crippen LogP contribution in [0.4, 0.5) is 0 Å². The van der Waals surface area contributed by atoms with Gasteiger partial charge >= 0.3 is 23.9 Å². The Balaban J connectivity index is 0.000000914. The number of nitrogens with zero attached hydrogens (tertiary/aromatic N) is 4. The van der Waals surface area contributed by atoms with Gasteiger partial charge in [-0.05, 0) is 73.6 Å². The van der Waals surface area contributed by atoms with Crippen molar-refractivity contribution in [2.45, 2.75) is 110 Å². The van der Waals surface area contributed by atoms with Crippen LogP contribution in [0.3, 0.4) is 0 Å². The summed E-state index contributed by atoms with van der Waals surface area (Å²) in [5.41, 5.74) is -4.33. The molecular weight excluding hydrogens is 604 g/mol. The molecule has 1 fully saturated rings. The fraction of sp³-hybridized carbons (Fsp3) is 0.806. The number of hydrogen-bond acceptors (Lipinski definition) is 13. The largest absolute Gasteiger partial charge is 0.481 e. The number of aliphatic carboxylic acids is 2. The summed E-state index contributed by atoms with van der Waals surface area (Å²) in [5.74, 6) is -2.83. The van der Waals surface area contributed by atoms with E-state index in [0.717, 1.165) is 19.3 Å². The predicted octanol–water partition coefficient (Wildman–Crippen LogP) is 4.44. The van der Waals surface area contributed by atoms with Gasteiger partial charge in [0.15, 0.2) is 11.1 Å². The van der Waals surface area contributed by atoms with Gasteiger partial charge in [-0.15, -0.1) is 0 Å². The van der Waals surface area contributed by atoms with Gasteiger partial charge < -0.3 is 33.9 Å². The molecule has 260 valence electrons. The highest BCUT2D eigenvalue weighted by molar-refractivity contribution is 5.80.